The van der Waals surface area contributed by atoms with Crippen molar-refractivity contribution in [2.75, 3.05) is 5.32 Å². The Bertz CT molecular complexity index is 403. The minimum Gasteiger partial charge on any atom is -0.393 e. The molecule has 18 heavy (non-hydrogen) atoms. The first kappa shape index (κ1) is 13.7. The van der Waals surface area contributed by atoms with Crippen LogP contribution in [0.3, 0.4) is 0 Å². The van der Waals surface area contributed by atoms with Gasteiger partial charge in [0.15, 0.2) is 0 Å². The Hall–Kier alpha value is -0.680. The third-order valence-electron chi connectivity index (χ3n) is 3.28. The molecule has 0 aliphatic heterocycles. The molecule has 100 valence electrons. The summed E-state index contributed by atoms with van der Waals surface area (Å²) in [6, 6.07) is 2.33. The van der Waals surface area contributed by atoms with Crippen LogP contribution in [0.1, 0.15) is 51.3 Å². The molecule has 1 saturated carbocycles. The quantitative estimate of drug-likeness (QED) is 0.842. The van der Waals surface area contributed by atoms with Crippen molar-refractivity contribution in [3.05, 3.63) is 16.5 Å². The third kappa shape index (κ3) is 3.65. The molecule has 1 aromatic rings. The van der Waals surface area contributed by atoms with Gasteiger partial charge in [0.2, 0.25) is 0 Å². The van der Waals surface area contributed by atoms with E-state index >= 15 is 0 Å². The maximum atomic E-state index is 9.49. The monoisotopic (exact) mass is 313 g/mol. The Morgan fingerprint density at radius 3 is 2.56 bits per heavy atom. The van der Waals surface area contributed by atoms with Gasteiger partial charge in [0, 0.05) is 18.0 Å². The maximum absolute atomic E-state index is 9.49. The second kappa shape index (κ2) is 5.97. The van der Waals surface area contributed by atoms with E-state index in [4.69, 9.17) is 0 Å². The summed E-state index contributed by atoms with van der Waals surface area (Å²) >= 11 is 3.42. The minimum absolute atomic E-state index is 0.119. The Balaban J connectivity index is 2.04. The van der Waals surface area contributed by atoms with E-state index in [1.807, 2.05) is 6.07 Å². The fourth-order valence-electron chi connectivity index (χ4n) is 2.20. The molecule has 0 amide bonds. The van der Waals surface area contributed by atoms with E-state index in [-0.39, 0.29) is 6.10 Å². The van der Waals surface area contributed by atoms with E-state index in [0.29, 0.717) is 12.0 Å². The smallest absolute Gasteiger partial charge is 0.134 e. The molecule has 1 fully saturated rings. The van der Waals surface area contributed by atoms with Crippen LogP contribution in [0.5, 0.6) is 0 Å². The zero-order valence-electron chi connectivity index (χ0n) is 10.9. The van der Waals surface area contributed by atoms with Gasteiger partial charge in [0.25, 0.3) is 0 Å². The fraction of sp³-hybridized carbons (Fsp3) is 0.692. The van der Waals surface area contributed by atoms with Gasteiger partial charge in [0.05, 0.1) is 6.10 Å². The zero-order valence-corrected chi connectivity index (χ0v) is 12.4. The largest absolute Gasteiger partial charge is 0.393 e. The summed E-state index contributed by atoms with van der Waals surface area (Å²) in [5.41, 5.74) is 0. The molecule has 0 unspecified atom stereocenters. The number of aromatic nitrogens is 2. The molecule has 5 heteroatoms. The van der Waals surface area contributed by atoms with Gasteiger partial charge in [0.1, 0.15) is 16.2 Å². The van der Waals surface area contributed by atoms with Crippen molar-refractivity contribution in [3.63, 3.8) is 0 Å². The number of hydrogen-bond donors (Lipinski definition) is 2. The molecule has 0 radical (unpaired) electrons. The van der Waals surface area contributed by atoms with E-state index in [0.717, 1.165) is 41.9 Å². The lowest BCUT2D eigenvalue weighted by atomic mass is 9.93. The molecular weight excluding hydrogens is 294 g/mol. The third-order valence-corrected chi connectivity index (χ3v) is 3.68. The number of hydrogen-bond acceptors (Lipinski definition) is 4. The molecule has 0 aromatic carbocycles. The number of anilines is 1. The van der Waals surface area contributed by atoms with Crippen LogP contribution in [0, 0.1) is 0 Å². The van der Waals surface area contributed by atoms with Crippen molar-refractivity contribution < 1.29 is 5.11 Å². The van der Waals surface area contributed by atoms with Gasteiger partial charge in [-0.25, -0.2) is 9.97 Å². The highest BCUT2D eigenvalue weighted by Gasteiger charge is 2.19. The fourth-order valence-corrected chi connectivity index (χ4v) is 2.60. The van der Waals surface area contributed by atoms with E-state index < -0.39 is 0 Å². The second-order valence-electron chi connectivity index (χ2n) is 5.24. The van der Waals surface area contributed by atoms with Crippen molar-refractivity contribution in [3.8, 4) is 0 Å². The first-order chi connectivity index (χ1) is 8.54. The van der Waals surface area contributed by atoms with Gasteiger partial charge < -0.3 is 10.4 Å². The standard InChI is InChI=1S/C13H20BrN3O/c1-8(2)13-16-11(14)7-12(17-13)15-9-3-5-10(18)6-4-9/h7-10,18H,3-6H2,1-2H3,(H,15,16,17). The Kier molecular flexibility index (Phi) is 4.56. The van der Waals surface area contributed by atoms with E-state index in [9.17, 15) is 5.11 Å². The van der Waals surface area contributed by atoms with Crippen LogP contribution in [-0.4, -0.2) is 27.2 Å². The number of nitrogens with zero attached hydrogens (tertiary/aromatic N) is 2. The van der Waals surface area contributed by atoms with Crippen molar-refractivity contribution in [2.24, 2.45) is 0 Å². The Labute approximate surface area is 116 Å². The summed E-state index contributed by atoms with van der Waals surface area (Å²) in [6.45, 7) is 4.17. The van der Waals surface area contributed by atoms with Crippen molar-refractivity contribution >= 4 is 21.7 Å². The van der Waals surface area contributed by atoms with E-state index in [1.54, 1.807) is 0 Å². The van der Waals surface area contributed by atoms with Crippen molar-refractivity contribution in [1.29, 1.82) is 0 Å². The van der Waals surface area contributed by atoms with E-state index in [1.165, 1.54) is 0 Å². The highest BCUT2D eigenvalue weighted by atomic mass is 79.9. The molecule has 0 saturated heterocycles. The molecular formula is C13H20BrN3O. The highest BCUT2D eigenvalue weighted by molar-refractivity contribution is 9.10. The van der Waals surface area contributed by atoms with Crippen LogP contribution in [0.4, 0.5) is 5.82 Å². The van der Waals surface area contributed by atoms with Gasteiger partial charge in [-0.15, -0.1) is 0 Å². The number of aliphatic hydroxyl groups is 1. The normalized spacial score (nSPS) is 24.3. The molecule has 0 bridgehead atoms. The molecule has 2 rings (SSSR count). The molecule has 4 nitrogen and oxygen atoms in total. The van der Waals surface area contributed by atoms with Gasteiger partial charge in [-0.05, 0) is 41.6 Å². The topological polar surface area (TPSA) is 58.0 Å². The Morgan fingerprint density at radius 1 is 1.28 bits per heavy atom. The van der Waals surface area contributed by atoms with Crippen LogP contribution in [-0.2, 0) is 0 Å². The lowest BCUT2D eigenvalue weighted by molar-refractivity contribution is 0.126. The van der Waals surface area contributed by atoms with Crippen LogP contribution >= 0.6 is 15.9 Å². The second-order valence-corrected chi connectivity index (χ2v) is 6.05. The lowest BCUT2D eigenvalue weighted by Crippen LogP contribution is -2.28. The maximum Gasteiger partial charge on any atom is 0.134 e. The first-order valence-corrected chi connectivity index (χ1v) is 7.33. The van der Waals surface area contributed by atoms with Crippen LogP contribution < -0.4 is 5.32 Å². The molecule has 0 atom stereocenters. The highest BCUT2D eigenvalue weighted by Crippen LogP contribution is 2.23. The van der Waals surface area contributed by atoms with Crippen LogP contribution in [0.15, 0.2) is 10.7 Å². The molecule has 2 N–H and O–H groups in total. The number of rotatable bonds is 3. The minimum atomic E-state index is -0.119. The van der Waals surface area contributed by atoms with Crippen LogP contribution in [0.2, 0.25) is 0 Å². The van der Waals surface area contributed by atoms with Crippen molar-refractivity contribution in [1.82, 2.24) is 9.97 Å². The van der Waals surface area contributed by atoms with Crippen LogP contribution in [0.25, 0.3) is 0 Å². The summed E-state index contributed by atoms with van der Waals surface area (Å²) in [5, 5.41) is 12.9. The molecule has 1 aliphatic carbocycles. The number of nitrogens with one attached hydrogen (secondary N) is 1. The molecule has 1 heterocycles. The first-order valence-electron chi connectivity index (χ1n) is 6.53. The van der Waals surface area contributed by atoms with E-state index in [2.05, 4.69) is 45.1 Å². The summed E-state index contributed by atoms with van der Waals surface area (Å²) in [4.78, 5) is 8.90. The summed E-state index contributed by atoms with van der Waals surface area (Å²) in [7, 11) is 0. The Morgan fingerprint density at radius 2 is 1.94 bits per heavy atom. The molecule has 0 spiro atoms. The van der Waals surface area contributed by atoms with Gasteiger partial charge in [-0.1, -0.05) is 13.8 Å². The molecule has 1 aliphatic rings. The van der Waals surface area contributed by atoms with Gasteiger partial charge >= 0.3 is 0 Å². The van der Waals surface area contributed by atoms with Crippen molar-refractivity contribution in [2.45, 2.75) is 57.6 Å². The molecule has 1 aromatic heterocycles. The number of halogens is 1. The summed E-state index contributed by atoms with van der Waals surface area (Å²) in [5.74, 6) is 2.04. The van der Waals surface area contributed by atoms with Gasteiger partial charge in [-0.2, -0.15) is 0 Å². The predicted octanol–water partition coefficient (Wildman–Crippen LogP) is 3.08. The SMILES string of the molecule is CC(C)c1nc(Br)cc(NC2CCC(O)CC2)n1. The predicted molar refractivity (Wildman–Crippen MR) is 75.7 cm³/mol. The number of aliphatic hydroxyl groups excluding tert-OH is 1. The average Bonchev–Trinajstić information content (AvgIpc) is 2.31. The van der Waals surface area contributed by atoms with Gasteiger partial charge in [-0.3, -0.25) is 0 Å². The summed E-state index contributed by atoms with van der Waals surface area (Å²) < 4.78 is 0.819. The lowest BCUT2D eigenvalue weighted by Gasteiger charge is -2.26. The zero-order chi connectivity index (χ0) is 13.1. The average molecular weight is 314 g/mol. The summed E-state index contributed by atoms with van der Waals surface area (Å²) in [6.07, 6.45) is 3.63.